The number of aryl methyl sites for hydroxylation is 1. The molecule has 2 amide bonds. The number of amides is 2. The van der Waals surface area contributed by atoms with Crippen molar-refractivity contribution < 1.29 is 9.59 Å². The maximum atomic E-state index is 11.5. The predicted octanol–water partition coefficient (Wildman–Crippen LogP) is 0.182. The van der Waals surface area contributed by atoms with E-state index in [0.29, 0.717) is 11.5 Å². The van der Waals surface area contributed by atoms with E-state index < -0.39 is 11.8 Å². The van der Waals surface area contributed by atoms with Gasteiger partial charge < -0.3 is 22.5 Å². The zero-order valence-electron chi connectivity index (χ0n) is 11.6. The number of primary amides is 2. The molecule has 0 aliphatic heterocycles. The van der Waals surface area contributed by atoms with E-state index >= 15 is 0 Å². The van der Waals surface area contributed by atoms with Gasteiger partial charge in [0.2, 0.25) is 0 Å². The Kier molecular flexibility index (Phi) is 3.85. The van der Waals surface area contributed by atoms with Crippen LogP contribution in [0, 0.1) is 6.92 Å². The van der Waals surface area contributed by atoms with E-state index in [1.165, 1.54) is 0 Å². The fourth-order valence-electron chi connectivity index (χ4n) is 1.89. The van der Waals surface area contributed by atoms with Crippen LogP contribution in [0.3, 0.4) is 0 Å². The van der Waals surface area contributed by atoms with Crippen molar-refractivity contribution in [3.05, 3.63) is 27.9 Å². The van der Waals surface area contributed by atoms with Gasteiger partial charge in [-0.15, -0.1) is 11.3 Å². The topological polar surface area (TPSA) is 142 Å². The summed E-state index contributed by atoms with van der Waals surface area (Å²) in [6, 6.07) is 0. The van der Waals surface area contributed by atoms with Crippen molar-refractivity contribution in [1.82, 2.24) is 9.78 Å². The Labute approximate surface area is 124 Å². The van der Waals surface area contributed by atoms with Gasteiger partial charge in [-0.3, -0.25) is 14.3 Å². The first-order chi connectivity index (χ1) is 9.82. The maximum Gasteiger partial charge on any atom is 0.260 e. The summed E-state index contributed by atoms with van der Waals surface area (Å²) in [4.78, 5) is 22.9. The molecule has 9 heteroatoms. The van der Waals surface area contributed by atoms with Crippen LogP contribution in [0.1, 0.15) is 31.3 Å². The highest BCUT2D eigenvalue weighted by Gasteiger charge is 2.23. The Morgan fingerprint density at radius 1 is 1.38 bits per heavy atom. The molecule has 7 N–H and O–H groups in total. The van der Waals surface area contributed by atoms with E-state index in [0.717, 1.165) is 22.6 Å². The number of hydrogen-bond acceptors (Lipinski definition) is 6. The van der Waals surface area contributed by atoms with Crippen LogP contribution in [0.5, 0.6) is 0 Å². The number of carbonyl (C=O) groups excluding carboxylic acids is 2. The fourth-order valence-corrected chi connectivity index (χ4v) is 2.86. The number of carbonyl (C=O) groups is 2. The summed E-state index contributed by atoms with van der Waals surface area (Å²) in [5.41, 5.74) is 18.4. The molecule has 0 saturated heterocycles. The Bertz CT molecular complexity index is 718. The summed E-state index contributed by atoms with van der Waals surface area (Å²) in [5.74, 6) is -1.40. The standard InChI is InChI=1S/C12H16N6O2S/c1-5-6(4-17-18(5)2)3-16-12-7(10(14)19)8(13)9(21-12)11(15)20/h4,16H,3,13H2,1-2H3,(H2,14,19)(H2,15,20). The molecule has 112 valence electrons. The number of nitrogen functional groups attached to an aromatic ring is 1. The van der Waals surface area contributed by atoms with Gasteiger partial charge in [-0.05, 0) is 6.92 Å². The fraction of sp³-hybridized carbons (Fsp3) is 0.250. The van der Waals surface area contributed by atoms with E-state index in [1.807, 2.05) is 14.0 Å². The maximum absolute atomic E-state index is 11.5. The van der Waals surface area contributed by atoms with Gasteiger partial charge in [-0.2, -0.15) is 5.10 Å². The smallest absolute Gasteiger partial charge is 0.260 e. The number of nitrogens with zero attached hydrogens (tertiary/aromatic N) is 2. The molecule has 0 saturated carbocycles. The van der Waals surface area contributed by atoms with Crippen molar-refractivity contribution in [1.29, 1.82) is 0 Å². The molecule has 0 radical (unpaired) electrons. The molecular formula is C12H16N6O2S. The van der Waals surface area contributed by atoms with Gasteiger partial charge in [-0.1, -0.05) is 0 Å². The van der Waals surface area contributed by atoms with Crippen LogP contribution in [0.4, 0.5) is 10.7 Å². The van der Waals surface area contributed by atoms with Crippen LogP contribution < -0.4 is 22.5 Å². The van der Waals surface area contributed by atoms with Gasteiger partial charge in [-0.25, -0.2) is 0 Å². The SMILES string of the molecule is Cc1c(CNc2sc(C(N)=O)c(N)c2C(N)=O)cnn1C. The number of nitrogens with two attached hydrogens (primary N) is 3. The number of nitrogens with one attached hydrogen (secondary N) is 1. The van der Waals surface area contributed by atoms with Crippen LogP contribution >= 0.6 is 11.3 Å². The summed E-state index contributed by atoms with van der Waals surface area (Å²) in [7, 11) is 1.84. The lowest BCUT2D eigenvalue weighted by Gasteiger charge is -2.05. The van der Waals surface area contributed by atoms with Gasteiger partial charge in [0.1, 0.15) is 9.88 Å². The molecule has 0 atom stereocenters. The average molecular weight is 308 g/mol. The van der Waals surface area contributed by atoms with Crippen molar-refractivity contribution in [2.75, 3.05) is 11.1 Å². The Morgan fingerprint density at radius 2 is 2.05 bits per heavy atom. The minimum Gasteiger partial charge on any atom is -0.397 e. The molecule has 2 rings (SSSR count). The molecule has 0 aliphatic rings. The molecule has 2 aromatic heterocycles. The number of rotatable bonds is 5. The van der Waals surface area contributed by atoms with Crippen LogP contribution in [-0.2, 0) is 13.6 Å². The second-order valence-corrected chi connectivity index (χ2v) is 5.53. The molecule has 0 aliphatic carbocycles. The molecule has 21 heavy (non-hydrogen) atoms. The van der Waals surface area contributed by atoms with Gasteiger partial charge in [0.15, 0.2) is 0 Å². The lowest BCUT2D eigenvalue weighted by atomic mass is 10.2. The largest absolute Gasteiger partial charge is 0.397 e. The average Bonchev–Trinajstić information content (AvgIpc) is 2.89. The first kappa shape index (κ1) is 14.9. The molecule has 0 bridgehead atoms. The molecule has 8 nitrogen and oxygen atoms in total. The normalized spacial score (nSPS) is 10.6. The minimum absolute atomic E-state index is 0.0189. The van der Waals surface area contributed by atoms with Crippen molar-refractivity contribution >= 4 is 33.8 Å². The van der Waals surface area contributed by atoms with E-state index in [2.05, 4.69) is 10.4 Å². The molecule has 0 spiro atoms. The van der Waals surface area contributed by atoms with E-state index in [4.69, 9.17) is 17.2 Å². The zero-order valence-corrected chi connectivity index (χ0v) is 12.5. The highest BCUT2D eigenvalue weighted by atomic mass is 32.1. The van der Waals surface area contributed by atoms with Crippen molar-refractivity contribution in [2.45, 2.75) is 13.5 Å². The highest BCUT2D eigenvalue weighted by Crippen LogP contribution is 2.35. The van der Waals surface area contributed by atoms with Gasteiger partial charge in [0.25, 0.3) is 11.8 Å². The predicted molar refractivity (Wildman–Crippen MR) is 81.0 cm³/mol. The third-order valence-corrected chi connectivity index (χ3v) is 4.37. The van der Waals surface area contributed by atoms with E-state index in [1.54, 1.807) is 10.9 Å². The summed E-state index contributed by atoms with van der Waals surface area (Å²) in [6.07, 6.45) is 1.72. The summed E-state index contributed by atoms with van der Waals surface area (Å²) >= 11 is 1.02. The van der Waals surface area contributed by atoms with Crippen LogP contribution in [0.15, 0.2) is 6.20 Å². The first-order valence-corrected chi connectivity index (χ1v) is 6.87. The second-order valence-electron chi connectivity index (χ2n) is 4.51. The highest BCUT2D eigenvalue weighted by molar-refractivity contribution is 7.19. The molecule has 0 aromatic carbocycles. The number of hydrogen-bond donors (Lipinski definition) is 4. The Morgan fingerprint density at radius 3 is 2.52 bits per heavy atom. The Balaban J connectivity index is 2.31. The lowest BCUT2D eigenvalue weighted by Crippen LogP contribution is -2.16. The Hall–Kier alpha value is -2.55. The third-order valence-electron chi connectivity index (χ3n) is 3.19. The zero-order chi connectivity index (χ0) is 15.7. The third kappa shape index (κ3) is 2.68. The summed E-state index contributed by atoms with van der Waals surface area (Å²) in [6.45, 7) is 2.36. The second kappa shape index (κ2) is 5.44. The monoisotopic (exact) mass is 308 g/mol. The number of anilines is 2. The molecule has 2 aromatic rings. The van der Waals surface area contributed by atoms with Crippen molar-refractivity contribution in [2.24, 2.45) is 18.5 Å². The van der Waals surface area contributed by atoms with Gasteiger partial charge in [0.05, 0.1) is 17.4 Å². The molecule has 0 fully saturated rings. The molecule has 0 unspecified atom stereocenters. The van der Waals surface area contributed by atoms with Crippen molar-refractivity contribution in [3.8, 4) is 0 Å². The number of thiophene rings is 1. The van der Waals surface area contributed by atoms with Crippen molar-refractivity contribution in [3.63, 3.8) is 0 Å². The summed E-state index contributed by atoms with van der Waals surface area (Å²) < 4.78 is 1.74. The first-order valence-electron chi connectivity index (χ1n) is 6.06. The molecular weight excluding hydrogens is 292 g/mol. The lowest BCUT2D eigenvalue weighted by molar-refractivity contribution is 0.0999. The van der Waals surface area contributed by atoms with Crippen LogP contribution in [0.2, 0.25) is 0 Å². The summed E-state index contributed by atoms with van der Waals surface area (Å²) in [5, 5.41) is 7.61. The van der Waals surface area contributed by atoms with Crippen LogP contribution in [0.25, 0.3) is 0 Å². The molecule has 2 heterocycles. The minimum atomic E-state index is -0.707. The number of aromatic nitrogens is 2. The van der Waals surface area contributed by atoms with E-state index in [-0.39, 0.29) is 16.1 Å². The quantitative estimate of drug-likeness (QED) is 0.623. The van der Waals surface area contributed by atoms with Gasteiger partial charge >= 0.3 is 0 Å². The van der Waals surface area contributed by atoms with E-state index in [9.17, 15) is 9.59 Å². The van der Waals surface area contributed by atoms with Crippen LogP contribution in [-0.4, -0.2) is 21.6 Å². The van der Waals surface area contributed by atoms with Gasteiger partial charge in [0, 0.05) is 24.8 Å².